The summed E-state index contributed by atoms with van der Waals surface area (Å²) in [5.74, 6) is -1.65. The average molecular weight is 470 g/mol. The molecule has 4 rings (SSSR count). The molecular formula is C21H20F2N8O3. The monoisotopic (exact) mass is 470 g/mol. The molecule has 0 saturated carbocycles. The Kier molecular flexibility index (Phi) is 6.65. The molecule has 0 bridgehead atoms. The average Bonchev–Trinajstić information content (AvgIpc) is 3.46. The minimum absolute atomic E-state index is 0.0165. The standard InChI is InChI=1S/C21H20F2N8O3/c22-16-5-6-18(19(23)7-16)21(32,12-30-14-25-13-26-30)11-24-8-17-10-29(28-27-17)9-15-3-1-2-4-20(15)31(33)34/h1-7,10,13-14,24,32H,8-9,11-12H2. The van der Waals surface area contributed by atoms with Crippen LogP contribution in [0.25, 0.3) is 0 Å². The van der Waals surface area contributed by atoms with E-state index in [-0.39, 0.29) is 37.4 Å². The van der Waals surface area contributed by atoms with E-state index in [0.717, 1.165) is 6.07 Å². The molecule has 0 aliphatic rings. The molecule has 2 aromatic heterocycles. The van der Waals surface area contributed by atoms with Crippen LogP contribution >= 0.6 is 0 Å². The highest BCUT2D eigenvalue weighted by atomic mass is 19.1. The number of nitro groups is 1. The second-order valence-corrected chi connectivity index (χ2v) is 7.65. The fourth-order valence-electron chi connectivity index (χ4n) is 3.58. The molecule has 0 spiro atoms. The first-order valence-corrected chi connectivity index (χ1v) is 10.2. The summed E-state index contributed by atoms with van der Waals surface area (Å²) >= 11 is 0. The Hall–Kier alpha value is -4.10. The Labute approximate surface area is 191 Å². The number of benzene rings is 2. The Balaban J connectivity index is 1.45. The van der Waals surface area contributed by atoms with Crippen molar-refractivity contribution in [3.8, 4) is 0 Å². The molecule has 0 aliphatic heterocycles. The lowest BCUT2D eigenvalue weighted by atomic mass is 9.92. The van der Waals surface area contributed by atoms with Crippen LogP contribution in [0.1, 0.15) is 16.8 Å². The molecule has 1 atom stereocenters. The summed E-state index contributed by atoms with van der Waals surface area (Å²) in [6.45, 7) is 0.0693. The molecule has 176 valence electrons. The highest BCUT2D eigenvalue weighted by molar-refractivity contribution is 5.39. The maximum atomic E-state index is 14.5. The van der Waals surface area contributed by atoms with Gasteiger partial charge in [0.05, 0.1) is 35.5 Å². The van der Waals surface area contributed by atoms with Gasteiger partial charge in [0.1, 0.15) is 29.9 Å². The largest absolute Gasteiger partial charge is 0.382 e. The molecule has 13 heteroatoms. The van der Waals surface area contributed by atoms with Crippen molar-refractivity contribution in [1.29, 1.82) is 0 Å². The molecule has 0 saturated heterocycles. The molecule has 0 radical (unpaired) electrons. The zero-order chi connectivity index (χ0) is 24.1. The number of nitrogens with zero attached hydrogens (tertiary/aromatic N) is 7. The lowest BCUT2D eigenvalue weighted by Gasteiger charge is -2.29. The third-order valence-corrected chi connectivity index (χ3v) is 5.15. The molecule has 34 heavy (non-hydrogen) atoms. The van der Waals surface area contributed by atoms with Crippen LogP contribution in [0.15, 0.2) is 61.3 Å². The lowest BCUT2D eigenvalue weighted by Crippen LogP contribution is -2.42. The van der Waals surface area contributed by atoms with E-state index < -0.39 is 22.2 Å². The van der Waals surface area contributed by atoms with Gasteiger partial charge in [0.25, 0.3) is 5.69 Å². The van der Waals surface area contributed by atoms with Gasteiger partial charge in [0.15, 0.2) is 0 Å². The van der Waals surface area contributed by atoms with Crippen LogP contribution in [0.2, 0.25) is 0 Å². The molecule has 2 heterocycles. The molecule has 2 N–H and O–H groups in total. The first kappa shape index (κ1) is 23.1. The van der Waals surface area contributed by atoms with Gasteiger partial charge in [0.2, 0.25) is 0 Å². The van der Waals surface area contributed by atoms with Gasteiger partial charge < -0.3 is 10.4 Å². The van der Waals surface area contributed by atoms with E-state index in [1.165, 1.54) is 34.2 Å². The number of para-hydroxylation sites is 1. The molecule has 1 unspecified atom stereocenters. The number of rotatable bonds is 10. The smallest absolute Gasteiger partial charge is 0.274 e. The van der Waals surface area contributed by atoms with Crippen molar-refractivity contribution < 1.29 is 18.8 Å². The van der Waals surface area contributed by atoms with Crippen LogP contribution in [0.5, 0.6) is 0 Å². The van der Waals surface area contributed by atoms with Crippen molar-refractivity contribution in [1.82, 2.24) is 35.1 Å². The summed E-state index contributed by atoms with van der Waals surface area (Å²) < 4.78 is 30.7. The SMILES string of the molecule is O=[N+]([O-])c1ccccc1Cn1cc(CNCC(O)(Cn2cncn2)c2ccc(F)cc2F)nn1. The van der Waals surface area contributed by atoms with Crippen molar-refractivity contribution >= 4 is 5.69 Å². The summed E-state index contributed by atoms with van der Waals surface area (Å²) in [4.78, 5) is 14.6. The fraction of sp³-hybridized carbons (Fsp3) is 0.238. The minimum Gasteiger partial charge on any atom is -0.382 e. The van der Waals surface area contributed by atoms with E-state index in [0.29, 0.717) is 17.3 Å². The summed E-state index contributed by atoms with van der Waals surface area (Å²) in [6, 6.07) is 9.30. The van der Waals surface area contributed by atoms with Gasteiger partial charge in [-0.3, -0.25) is 10.1 Å². The zero-order valence-electron chi connectivity index (χ0n) is 17.8. The lowest BCUT2D eigenvalue weighted by molar-refractivity contribution is -0.385. The molecular weight excluding hydrogens is 450 g/mol. The van der Waals surface area contributed by atoms with Gasteiger partial charge in [-0.25, -0.2) is 23.1 Å². The number of hydrogen-bond donors (Lipinski definition) is 2. The number of nitro benzene ring substituents is 1. The van der Waals surface area contributed by atoms with Crippen LogP contribution in [0.3, 0.4) is 0 Å². The molecule has 11 nitrogen and oxygen atoms in total. The number of halogens is 2. The number of aliphatic hydroxyl groups is 1. The third kappa shape index (κ3) is 5.27. The van der Waals surface area contributed by atoms with E-state index >= 15 is 0 Å². The minimum atomic E-state index is -1.77. The summed E-state index contributed by atoms with van der Waals surface area (Å²) in [5, 5.41) is 37.4. The highest BCUT2D eigenvalue weighted by Crippen LogP contribution is 2.26. The van der Waals surface area contributed by atoms with Gasteiger partial charge >= 0.3 is 0 Å². The maximum absolute atomic E-state index is 14.5. The fourth-order valence-corrected chi connectivity index (χ4v) is 3.58. The summed E-state index contributed by atoms with van der Waals surface area (Å²) in [5.41, 5.74) is -0.909. The van der Waals surface area contributed by atoms with Gasteiger partial charge in [0, 0.05) is 30.8 Å². The quantitative estimate of drug-likeness (QED) is 0.264. The Bertz CT molecular complexity index is 1280. The van der Waals surface area contributed by atoms with Gasteiger partial charge in [-0.2, -0.15) is 5.10 Å². The molecule has 0 aliphatic carbocycles. The van der Waals surface area contributed by atoms with Crippen molar-refractivity contribution in [2.24, 2.45) is 0 Å². The summed E-state index contributed by atoms with van der Waals surface area (Å²) in [7, 11) is 0. The predicted molar refractivity (Wildman–Crippen MR) is 114 cm³/mol. The van der Waals surface area contributed by atoms with Crippen LogP contribution in [-0.4, -0.2) is 46.3 Å². The number of aromatic nitrogens is 6. The molecule has 2 aromatic carbocycles. The summed E-state index contributed by atoms with van der Waals surface area (Å²) in [6.07, 6.45) is 4.27. The van der Waals surface area contributed by atoms with Gasteiger partial charge in [-0.1, -0.05) is 29.5 Å². The van der Waals surface area contributed by atoms with Crippen molar-refractivity contribution in [3.05, 3.63) is 99.9 Å². The zero-order valence-corrected chi connectivity index (χ0v) is 17.8. The van der Waals surface area contributed by atoms with Crippen molar-refractivity contribution in [2.45, 2.75) is 25.2 Å². The first-order chi connectivity index (χ1) is 16.3. The number of hydrogen-bond acceptors (Lipinski definition) is 8. The third-order valence-electron chi connectivity index (χ3n) is 5.15. The molecule has 4 aromatic rings. The Morgan fingerprint density at radius 2 is 2.00 bits per heavy atom. The predicted octanol–water partition coefficient (Wildman–Crippen LogP) is 1.78. The van der Waals surface area contributed by atoms with E-state index in [1.54, 1.807) is 24.4 Å². The first-order valence-electron chi connectivity index (χ1n) is 10.2. The maximum Gasteiger partial charge on any atom is 0.274 e. The normalized spacial score (nSPS) is 13.0. The van der Waals surface area contributed by atoms with E-state index in [9.17, 15) is 24.0 Å². The van der Waals surface area contributed by atoms with Crippen molar-refractivity contribution in [3.63, 3.8) is 0 Å². The van der Waals surface area contributed by atoms with Crippen molar-refractivity contribution in [2.75, 3.05) is 6.54 Å². The van der Waals surface area contributed by atoms with E-state index in [2.05, 4.69) is 25.7 Å². The second-order valence-electron chi connectivity index (χ2n) is 7.65. The Morgan fingerprint density at radius 1 is 1.18 bits per heavy atom. The Morgan fingerprint density at radius 3 is 2.74 bits per heavy atom. The molecule has 0 fully saturated rings. The van der Waals surface area contributed by atoms with E-state index in [1.807, 2.05) is 0 Å². The second kappa shape index (κ2) is 9.80. The molecule has 0 amide bonds. The number of nitrogens with one attached hydrogen (secondary N) is 1. The van der Waals surface area contributed by atoms with E-state index in [4.69, 9.17) is 0 Å². The van der Waals surface area contributed by atoms with Crippen LogP contribution in [0, 0.1) is 21.7 Å². The van der Waals surface area contributed by atoms with Gasteiger partial charge in [-0.05, 0) is 6.07 Å². The van der Waals surface area contributed by atoms with Gasteiger partial charge in [-0.15, -0.1) is 5.10 Å². The van der Waals surface area contributed by atoms with Crippen LogP contribution < -0.4 is 5.32 Å². The van der Waals surface area contributed by atoms with Crippen LogP contribution in [0.4, 0.5) is 14.5 Å². The topological polar surface area (TPSA) is 137 Å². The highest BCUT2D eigenvalue weighted by Gasteiger charge is 2.33. The van der Waals surface area contributed by atoms with Crippen LogP contribution in [-0.2, 0) is 25.2 Å².